The molecule has 5 atom stereocenters. The van der Waals surface area contributed by atoms with Gasteiger partial charge in [-0.25, -0.2) is 0 Å². The molecule has 1 saturated carbocycles. The Bertz CT molecular complexity index is 692. The van der Waals surface area contributed by atoms with E-state index in [0.29, 0.717) is 6.04 Å². The van der Waals surface area contributed by atoms with E-state index >= 15 is 0 Å². The second kappa shape index (κ2) is 5.00. The average molecular weight is 333 g/mol. The van der Waals surface area contributed by atoms with E-state index in [-0.39, 0.29) is 18.3 Å². The third kappa shape index (κ3) is 1.71. The molecule has 3 aliphatic heterocycles. The van der Waals surface area contributed by atoms with E-state index in [4.69, 9.17) is 18.9 Å². The number of aliphatic hydroxyl groups excluding tert-OH is 1. The van der Waals surface area contributed by atoms with Crippen LogP contribution in [0.3, 0.4) is 0 Å². The summed E-state index contributed by atoms with van der Waals surface area (Å²) in [6.45, 7) is 2.13. The Morgan fingerprint density at radius 2 is 2.21 bits per heavy atom. The number of methoxy groups -OCH3 is 2. The summed E-state index contributed by atoms with van der Waals surface area (Å²) in [5, 5.41) is 10.6. The predicted octanol–water partition coefficient (Wildman–Crippen LogP) is 1.42. The van der Waals surface area contributed by atoms with Crippen molar-refractivity contribution >= 4 is 0 Å². The summed E-state index contributed by atoms with van der Waals surface area (Å²) in [6.07, 6.45) is 2.13. The second-order valence-electron chi connectivity index (χ2n) is 7.34. The lowest BCUT2D eigenvalue weighted by Crippen LogP contribution is -2.56. The fraction of sp³-hybridized carbons (Fsp3) is 0.667. The standard InChI is InChI=1S/C18H23NO5/c1-21-13-6-15-18(7-12(13)20)3-4-19(15)8-10-11(18)5-14-17(16(10)22-2)24-9-23-14/h5,12-13,15,20H,3-4,6-9H2,1-2H3/t12?,13?,15-,18+/m1/s1. The Hall–Kier alpha value is -1.50. The lowest BCUT2D eigenvalue weighted by Gasteiger charge is -2.50. The highest BCUT2D eigenvalue weighted by molar-refractivity contribution is 5.63. The number of rotatable bonds is 2. The predicted molar refractivity (Wildman–Crippen MR) is 85.6 cm³/mol. The van der Waals surface area contributed by atoms with Crippen molar-refractivity contribution in [1.29, 1.82) is 0 Å². The molecule has 5 rings (SSSR count). The van der Waals surface area contributed by atoms with Crippen molar-refractivity contribution in [3.05, 3.63) is 17.2 Å². The van der Waals surface area contributed by atoms with Gasteiger partial charge in [0.05, 0.1) is 19.3 Å². The lowest BCUT2D eigenvalue weighted by atomic mass is 9.62. The summed E-state index contributed by atoms with van der Waals surface area (Å²) in [5.74, 6) is 2.29. The zero-order valence-electron chi connectivity index (χ0n) is 14.1. The van der Waals surface area contributed by atoms with Crippen molar-refractivity contribution < 1.29 is 24.1 Å². The lowest BCUT2D eigenvalue weighted by molar-refractivity contribution is -0.0776. The Kier molecular flexibility index (Phi) is 3.09. The van der Waals surface area contributed by atoms with Crippen LogP contribution in [0.25, 0.3) is 0 Å². The summed E-state index contributed by atoms with van der Waals surface area (Å²) in [6, 6.07) is 2.54. The zero-order valence-corrected chi connectivity index (χ0v) is 14.1. The van der Waals surface area contributed by atoms with Crippen molar-refractivity contribution in [2.45, 2.75) is 49.5 Å². The highest BCUT2D eigenvalue weighted by Crippen LogP contribution is 2.58. The van der Waals surface area contributed by atoms with Crippen LogP contribution in [-0.2, 0) is 16.7 Å². The smallest absolute Gasteiger partial charge is 0.231 e. The van der Waals surface area contributed by atoms with Crippen LogP contribution in [-0.4, -0.2) is 55.8 Å². The Labute approximate surface area is 141 Å². The van der Waals surface area contributed by atoms with Gasteiger partial charge in [-0.3, -0.25) is 4.90 Å². The van der Waals surface area contributed by atoms with Gasteiger partial charge < -0.3 is 24.1 Å². The molecular formula is C18H23NO5. The van der Waals surface area contributed by atoms with E-state index in [1.807, 2.05) is 0 Å². The third-order valence-electron chi connectivity index (χ3n) is 6.51. The average Bonchev–Trinajstić information content (AvgIpc) is 3.15. The van der Waals surface area contributed by atoms with Gasteiger partial charge in [-0.15, -0.1) is 0 Å². The third-order valence-corrected chi connectivity index (χ3v) is 6.51. The monoisotopic (exact) mass is 333 g/mol. The van der Waals surface area contributed by atoms with Gasteiger partial charge in [0.15, 0.2) is 11.5 Å². The van der Waals surface area contributed by atoms with E-state index < -0.39 is 6.10 Å². The highest BCUT2D eigenvalue weighted by atomic mass is 16.7. The summed E-state index contributed by atoms with van der Waals surface area (Å²) >= 11 is 0. The van der Waals surface area contributed by atoms with Gasteiger partial charge in [0.2, 0.25) is 12.5 Å². The van der Waals surface area contributed by atoms with Crippen LogP contribution >= 0.6 is 0 Å². The molecule has 3 heterocycles. The second-order valence-corrected chi connectivity index (χ2v) is 7.34. The largest absolute Gasteiger partial charge is 0.492 e. The van der Waals surface area contributed by atoms with Crippen molar-refractivity contribution in [3.8, 4) is 17.2 Å². The van der Waals surface area contributed by atoms with Crippen molar-refractivity contribution in [2.24, 2.45) is 0 Å². The van der Waals surface area contributed by atoms with Gasteiger partial charge in [0.1, 0.15) is 0 Å². The van der Waals surface area contributed by atoms with Gasteiger partial charge in [0.25, 0.3) is 0 Å². The molecule has 6 heteroatoms. The van der Waals surface area contributed by atoms with Gasteiger partial charge in [0, 0.05) is 30.7 Å². The number of hydrogen-bond acceptors (Lipinski definition) is 6. The topological polar surface area (TPSA) is 60.4 Å². The molecule has 0 spiro atoms. The fourth-order valence-corrected chi connectivity index (χ4v) is 5.45. The summed E-state index contributed by atoms with van der Waals surface area (Å²) in [5.41, 5.74) is 2.42. The molecular weight excluding hydrogens is 310 g/mol. The molecule has 0 aromatic heterocycles. The van der Waals surface area contributed by atoms with E-state index in [0.717, 1.165) is 49.6 Å². The van der Waals surface area contributed by atoms with Crippen LogP contribution in [0.15, 0.2) is 6.07 Å². The summed E-state index contributed by atoms with van der Waals surface area (Å²) < 4.78 is 22.5. The number of fused-ring (bicyclic) bond motifs is 2. The van der Waals surface area contributed by atoms with Gasteiger partial charge in [-0.1, -0.05) is 0 Å². The van der Waals surface area contributed by atoms with E-state index in [1.165, 1.54) is 11.1 Å². The van der Waals surface area contributed by atoms with Crippen molar-refractivity contribution in [3.63, 3.8) is 0 Å². The van der Waals surface area contributed by atoms with E-state index in [1.54, 1.807) is 14.2 Å². The first kappa shape index (κ1) is 14.8. The van der Waals surface area contributed by atoms with Gasteiger partial charge >= 0.3 is 0 Å². The maximum atomic E-state index is 10.6. The van der Waals surface area contributed by atoms with E-state index in [9.17, 15) is 5.11 Å². The zero-order chi connectivity index (χ0) is 16.5. The minimum atomic E-state index is -0.437. The molecule has 1 aromatic carbocycles. The number of hydrogen-bond donors (Lipinski definition) is 1. The Balaban J connectivity index is 1.68. The number of benzene rings is 1. The number of ether oxygens (including phenoxy) is 4. The minimum absolute atomic E-state index is 0.0453. The fourth-order valence-electron chi connectivity index (χ4n) is 5.45. The quantitative estimate of drug-likeness (QED) is 0.883. The van der Waals surface area contributed by atoms with Crippen LogP contribution in [0.5, 0.6) is 17.2 Å². The van der Waals surface area contributed by atoms with Crippen LogP contribution in [0.2, 0.25) is 0 Å². The first-order valence-corrected chi connectivity index (χ1v) is 8.63. The maximum absolute atomic E-state index is 10.6. The van der Waals surface area contributed by atoms with Crippen LogP contribution in [0.4, 0.5) is 0 Å². The van der Waals surface area contributed by atoms with E-state index in [2.05, 4.69) is 11.0 Å². The van der Waals surface area contributed by atoms with Crippen molar-refractivity contribution in [2.75, 3.05) is 27.6 Å². The van der Waals surface area contributed by atoms with Crippen LogP contribution in [0, 0.1) is 0 Å². The highest BCUT2D eigenvalue weighted by Gasteiger charge is 2.58. The van der Waals surface area contributed by atoms with Gasteiger partial charge in [-0.05, 0) is 37.4 Å². The molecule has 0 amide bonds. The molecule has 1 saturated heterocycles. The van der Waals surface area contributed by atoms with Crippen molar-refractivity contribution in [1.82, 2.24) is 4.90 Å². The molecule has 4 aliphatic rings. The molecule has 1 aromatic rings. The molecule has 1 aliphatic carbocycles. The summed E-state index contributed by atoms with van der Waals surface area (Å²) in [4.78, 5) is 2.52. The summed E-state index contributed by atoms with van der Waals surface area (Å²) in [7, 11) is 3.39. The molecule has 3 unspecified atom stereocenters. The molecule has 24 heavy (non-hydrogen) atoms. The van der Waals surface area contributed by atoms with Gasteiger partial charge in [-0.2, -0.15) is 0 Å². The SMILES string of the molecule is COc1c2c(cc3c1OCO3)[C@@]13CCN(C2)[C@@H]1CC(OC)C(O)C3. The van der Waals surface area contributed by atoms with Crippen LogP contribution in [0.1, 0.15) is 30.4 Å². The first-order valence-electron chi connectivity index (χ1n) is 8.63. The number of nitrogens with zero attached hydrogens (tertiary/aromatic N) is 1. The molecule has 130 valence electrons. The minimum Gasteiger partial charge on any atom is -0.492 e. The maximum Gasteiger partial charge on any atom is 0.231 e. The first-order chi connectivity index (χ1) is 11.7. The molecule has 2 bridgehead atoms. The van der Waals surface area contributed by atoms with Crippen LogP contribution < -0.4 is 14.2 Å². The molecule has 6 nitrogen and oxygen atoms in total. The normalized spacial score (nSPS) is 38.6. The Morgan fingerprint density at radius 3 is 3.00 bits per heavy atom. The molecule has 0 radical (unpaired) electrons. The Morgan fingerprint density at radius 1 is 1.33 bits per heavy atom. The molecule has 2 fully saturated rings. The molecule has 1 N–H and O–H groups in total. The number of aliphatic hydroxyl groups is 1.